The number of nitrogens with one attached hydrogen (secondary N) is 1. The Balaban J connectivity index is 1.77. The molecule has 1 aliphatic rings. The Morgan fingerprint density at radius 1 is 1.29 bits per heavy atom. The zero-order chi connectivity index (χ0) is 14.7. The van der Waals surface area contributed by atoms with Crippen molar-refractivity contribution in [2.75, 3.05) is 19.7 Å². The van der Waals surface area contributed by atoms with Crippen LogP contribution in [0, 0.1) is 0 Å². The van der Waals surface area contributed by atoms with Gasteiger partial charge >= 0.3 is 0 Å². The van der Waals surface area contributed by atoms with E-state index in [1.165, 1.54) is 6.07 Å². The summed E-state index contributed by atoms with van der Waals surface area (Å²) in [6.07, 6.45) is 3.24. The molecule has 1 N–H and O–H groups in total. The third-order valence-corrected chi connectivity index (χ3v) is 3.43. The average molecular weight is 285 g/mol. The van der Waals surface area contributed by atoms with Crippen molar-refractivity contribution in [1.82, 2.24) is 14.9 Å². The summed E-state index contributed by atoms with van der Waals surface area (Å²) < 4.78 is 5.71. The van der Waals surface area contributed by atoms with E-state index in [1.807, 2.05) is 12.1 Å². The van der Waals surface area contributed by atoms with Crippen LogP contribution >= 0.6 is 0 Å². The van der Waals surface area contributed by atoms with Crippen molar-refractivity contribution in [2.24, 2.45) is 0 Å². The number of ether oxygens (including phenoxy) is 1. The van der Waals surface area contributed by atoms with E-state index < -0.39 is 0 Å². The van der Waals surface area contributed by atoms with E-state index in [9.17, 15) is 9.59 Å². The van der Waals surface area contributed by atoms with E-state index in [0.717, 1.165) is 5.56 Å². The van der Waals surface area contributed by atoms with Gasteiger partial charge in [-0.05, 0) is 23.8 Å². The molecule has 1 fully saturated rings. The van der Waals surface area contributed by atoms with Gasteiger partial charge in [0.05, 0.1) is 13.2 Å². The van der Waals surface area contributed by atoms with Crippen LogP contribution in [0.4, 0.5) is 0 Å². The molecule has 0 aliphatic carbocycles. The number of aromatic amines is 1. The highest BCUT2D eigenvalue weighted by molar-refractivity contribution is 5.92. The van der Waals surface area contributed by atoms with Crippen molar-refractivity contribution in [3.05, 3.63) is 64.3 Å². The van der Waals surface area contributed by atoms with E-state index in [4.69, 9.17) is 4.74 Å². The number of nitrogens with zero attached hydrogens (tertiary/aromatic N) is 2. The average Bonchev–Trinajstić information content (AvgIpc) is 2.55. The minimum absolute atomic E-state index is 0.166. The number of amides is 1. The van der Waals surface area contributed by atoms with Gasteiger partial charge in [0.25, 0.3) is 5.91 Å². The van der Waals surface area contributed by atoms with Gasteiger partial charge in [0.2, 0.25) is 5.56 Å². The van der Waals surface area contributed by atoms with E-state index in [1.54, 1.807) is 29.4 Å². The first kappa shape index (κ1) is 13.5. The Morgan fingerprint density at radius 3 is 2.86 bits per heavy atom. The molecular formula is C15H15N3O3. The van der Waals surface area contributed by atoms with Crippen molar-refractivity contribution < 1.29 is 9.53 Å². The Kier molecular flexibility index (Phi) is 3.79. The Hall–Kier alpha value is -2.47. The standard InChI is InChI=1S/C15H15N3O3/c19-14-3-1-2-12(17-14)15(20)18-8-9-21-13(10-18)11-4-6-16-7-5-11/h1-7,13H,8-10H2,(H,17,19)/t13-/m0/s1. The molecule has 0 spiro atoms. The Morgan fingerprint density at radius 2 is 2.10 bits per heavy atom. The quantitative estimate of drug-likeness (QED) is 0.892. The normalized spacial score (nSPS) is 18.5. The van der Waals surface area contributed by atoms with Gasteiger partial charge in [0.15, 0.2) is 0 Å². The molecule has 0 bridgehead atoms. The molecule has 0 aromatic carbocycles. The fourth-order valence-corrected chi connectivity index (χ4v) is 2.36. The molecule has 1 amide bonds. The van der Waals surface area contributed by atoms with E-state index in [-0.39, 0.29) is 17.6 Å². The molecule has 1 saturated heterocycles. The summed E-state index contributed by atoms with van der Waals surface area (Å²) in [6, 6.07) is 8.33. The van der Waals surface area contributed by atoms with Gasteiger partial charge in [-0.1, -0.05) is 6.07 Å². The highest BCUT2D eigenvalue weighted by Crippen LogP contribution is 2.22. The van der Waals surface area contributed by atoms with Crippen molar-refractivity contribution in [3.8, 4) is 0 Å². The van der Waals surface area contributed by atoms with Crippen LogP contribution < -0.4 is 5.56 Å². The lowest BCUT2D eigenvalue weighted by atomic mass is 10.1. The summed E-state index contributed by atoms with van der Waals surface area (Å²) in [4.78, 5) is 32.0. The number of carbonyl (C=O) groups is 1. The first-order chi connectivity index (χ1) is 10.2. The monoisotopic (exact) mass is 285 g/mol. The van der Waals surface area contributed by atoms with Gasteiger partial charge in [0.1, 0.15) is 11.8 Å². The molecule has 3 heterocycles. The summed E-state index contributed by atoms with van der Waals surface area (Å²) in [5.41, 5.74) is 1.02. The van der Waals surface area contributed by atoms with Gasteiger partial charge < -0.3 is 14.6 Å². The maximum atomic E-state index is 12.4. The van der Waals surface area contributed by atoms with Crippen LogP contribution in [-0.2, 0) is 4.74 Å². The lowest BCUT2D eigenvalue weighted by Crippen LogP contribution is -2.42. The molecule has 0 radical (unpaired) electrons. The highest BCUT2D eigenvalue weighted by Gasteiger charge is 2.26. The number of rotatable bonds is 2. The van der Waals surface area contributed by atoms with Gasteiger partial charge in [-0.25, -0.2) is 0 Å². The number of aromatic nitrogens is 2. The molecule has 1 aliphatic heterocycles. The van der Waals surface area contributed by atoms with Crippen LogP contribution in [-0.4, -0.2) is 40.5 Å². The largest absolute Gasteiger partial charge is 0.370 e. The lowest BCUT2D eigenvalue weighted by molar-refractivity contribution is -0.0230. The van der Waals surface area contributed by atoms with Crippen molar-refractivity contribution in [2.45, 2.75) is 6.10 Å². The van der Waals surface area contributed by atoms with Crippen LogP contribution in [0.3, 0.4) is 0 Å². The second-order valence-electron chi connectivity index (χ2n) is 4.82. The summed E-state index contributed by atoms with van der Waals surface area (Å²) in [5.74, 6) is -0.185. The number of carbonyl (C=O) groups excluding carboxylic acids is 1. The van der Waals surface area contributed by atoms with Gasteiger partial charge in [-0.15, -0.1) is 0 Å². The van der Waals surface area contributed by atoms with Crippen molar-refractivity contribution in [3.63, 3.8) is 0 Å². The molecule has 2 aromatic heterocycles. The molecular weight excluding hydrogens is 270 g/mol. The Bertz CT molecular complexity index is 684. The molecule has 0 unspecified atom stereocenters. The van der Waals surface area contributed by atoms with Crippen molar-refractivity contribution >= 4 is 5.91 Å². The van der Waals surface area contributed by atoms with Gasteiger partial charge in [-0.2, -0.15) is 0 Å². The van der Waals surface area contributed by atoms with Crippen LogP contribution in [0.1, 0.15) is 22.2 Å². The first-order valence-electron chi connectivity index (χ1n) is 6.74. The topological polar surface area (TPSA) is 75.3 Å². The van der Waals surface area contributed by atoms with E-state index in [2.05, 4.69) is 9.97 Å². The summed E-state index contributed by atoms with van der Waals surface area (Å²) in [6.45, 7) is 1.44. The smallest absolute Gasteiger partial charge is 0.270 e. The highest BCUT2D eigenvalue weighted by atomic mass is 16.5. The van der Waals surface area contributed by atoms with E-state index >= 15 is 0 Å². The fraction of sp³-hybridized carbons (Fsp3) is 0.267. The fourth-order valence-electron chi connectivity index (χ4n) is 2.36. The van der Waals surface area contributed by atoms with E-state index in [0.29, 0.717) is 25.4 Å². The third-order valence-electron chi connectivity index (χ3n) is 3.43. The van der Waals surface area contributed by atoms with Crippen LogP contribution in [0.5, 0.6) is 0 Å². The minimum atomic E-state index is -0.278. The molecule has 3 rings (SSSR count). The number of morpholine rings is 1. The van der Waals surface area contributed by atoms with Crippen LogP contribution in [0.2, 0.25) is 0 Å². The van der Waals surface area contributed by atoms with Crippen LogP contribution in [0.15, 0.2) is 47.5 Å². The number of pyridine rings is 2. The maximum absolute atomic E-state index is 12.4. The lowest BCUT2D eigenvalue weighted by Gasteiger charge is -2.33. The molecule has 0 saturated carbocycles. The summed E-state index contributed by atoms with van der Waals surface area (Å²) in [7, 11) is 0. The second kappa shape index (κ2) is 5.88. The maximum Gasteiger partial charge on any atom is 0.270 e. The predicted octanol–water partition coefficient (Wildman–Crippen LogP) is 0.984. The SMILES string of the molecule is O=C(c1cccc(=O)[nH]1)N1CCO[C@H](c2ccncc2)C1. The van der Waals surface area contributed by atoms with Crippen molar-refractivity contribution in [1.29, 1.82) is 0 Å². The number of hydrogen-bond donors (Lipinski definition) is 1. The molecule has 6 heteroatoms. The number of hydrogen-bond acceptors (Lipinski definition) is 4. The third kappa shape index (κ3) is 3.00. The minimum Gasteiger partial charge on any atom is -0.370 e. The zero-order valence-corrected chi connectivity index (χ0v) is 11.4. The van der Waals surface area contributed by atoms with Gasteiger partial charge in [-0.3, -0.25) is 14.6 Å². The Labute approximate surface area is 121 Å². The molecule has 2 aromatic rings. The molecule has 108 valence electrons. The predicted molar refractivity (Wildman–Crippen MR) is 75.9 cm³/mol. The van der Waals surface area contributed by atoms with Gasteiger partial charge in [0, 0.05) is 25.0 Å². The molecule has 21 heavy (non-hydrogen) atoms. The first-order valence-corrected chi connectivity index (χ1v) is 6.74. The summed E-state index contributed by atoms with van der Waals surface area (Å²) in [5, 5.41) is 0. The molecule has 6 nitrogen and oxygen atoms in total. The second-order valence-corrected chi connectivity index (χ2v) is 4.82. The van der Waals surface area contributed by atoms with Crippen LogP contribution in [0.25, 0.3) is 0 Å². The summed E-state index contributed by atoms with van der Waals surface area (Å²) >= 11 is 0. The zero-order valence-electron chi connectivity index (χ0n) is 11.4. The molecule has 1 atom stereocenters. The number of H-pyrrole nitrogens is 1.